The second-order valence-corrected chi connectivity index (χ2v) is 7.73. The van der Waals surface area contributed by atoms with Crippen molar-refractivity contribution in [3.05, 3.63) is 11.7 Å². The van der Waals surface area contributed by atoms with E-state index in [-0.39, 0.29) is 5.54 Å². The van der Waals surface area contributed by atoms with Crippen molar-refractivity contribution in [2.45, 2.75) is 69.2 Å². The van der Waals surface area contributed by atoms with Gasteiger partial charge in [0.15, 0.2) is 5.82 Å². The lowest BCUT2D eigenvalue weighted by Gasteiger charge is -2.40. The lowest BCUT2D eigenvalue weighted by Crippen LogP contribution is -2.56. The van der Waals surface area contributed by atoms with Crippen molar-refractivity contribution in [2.24, 2.45) is 0 Å². The van der Waals surface area contributed by atoms with Crippen molar-refractivity contribution in [1.82, 2.24) is 19.9 Å². The maximum Gasteiger partial charge on any atom is 0.242 e. The molecule has 1 aliphatic heterocycles. The molecule has 0 atom stereocenters. The van der Waals surface area contributed by atoms with Gasteiger partial charge in [-0.1, -0.05) is 18.0 Å². The van der Waals surface area contributed by atoms with E-state index in [4.69, 9.17) is 4.52 Å². The predicted molar refractivity (Wildman–Crippen MR) is 89.6 cm³/mol. The van der Waals surface area contributed by atoms with Crippen LogP contribution in [0.25, 0.3) is 0 Å². The number of likely N-dealkylation sites (N-methyl/N-ethyl adjacent to an activating group) is 1. The van der Waals surface area contributed by atoms with Gasteiger partial charge in [-0.3, -0.25) is 9.69 Å². The second kappa shape index (κ2) is 6.47. The first kappa shape index (κ1) is 16.1. The third-order valence-corrected chi connectivity index (χ3v) is 5.97. The molecule has 132 valence electrons. The summed E-state index contributed by atoms with van der Waals surface area (Å²) in [5.74, 6) is 2.30. The zero-order valence-electron chi connectivity index (χ0n) is 14.7. The molecule has 0 aromatic carbocycles. The standard InChI is InChI=1S/C18H28N4O2/c1-21(13-8-15-19-16(24-20-15)14-6-7-14)17(23)18(9-2-3-10-18)22-11-4-5-12-22/h14H,2-13H2,1H3. The van der Waals surface area contributed by atoms with Crippen molar-refractivity contribution in [1.29, 1.82) is 0 Å². The van der Waals surface area contributed by atoms with Gasteiger partial charge in [-0.15, -0.1) is 0 Å². The summed E-state index contributed by atoms with van der Waals surface area (Å²) in [7, 11) is 1.93. The summed E-state index contributed by atoms with van der Waals surface area (Å²) in [5, 5.41) is 4.07. The van der Waals surface area contributed by atoms with E-state index in [1.807, 2.05) is 11.9 Å². The van der Waals surface area contributed by atoms with Crippen molar-refractivity contribution in [3.63, 3.8) is 0 Å². The number of carbonyl (C=O) groups is 1. The fourth-order valence-electron chi connectivity index (χ4n) is 4.36. The van der Waals surface area contributed by atoms with Crippen LogP contribution in [0.5, 0.6) is 0 Å². The molecule has 2 aliphatic carbocycles. The SMILES string of the molecule is CN(CCc1noc(C2CC2)n1)C(=O)C1(N2CCCC2)CCCC1. The molecule has 0 bridgehead atoms. The van der Waals surface area contributed by atoms with E-state index >= 15 is 0 Å². The van der Waals surface area contributed by atoms with Gasteiger partial charge in [-0.05, 0) is 51.6 Å². The molecule has 1 saturated heterocycles. The molecule has 1 aromatic heterocycles. The topological polar surface area (TPSA) is 62.5 Å². The van der Waals surface area contributed by atoms with Crippen LogP contribution in [0.4, 0.5) is 0 Å². The number of rotatable bonds is 6. The molecule has 0 spiro atoms. The summed E-state index contributed by atoms with van der Waals surface area (Å²) in [6.07, 6.45) is 9.84. The van der Waals surface area contributed by atoms with Gasteiger partial charge >= 0.3 is 0 Å². The minimum atomic E-state index is -0.234. The number of carbonyl (C=O) groups excluding carboxylic acids is 1. The van der Waals surface area contributed by atoms with Crippen LogP contribution in [0.1, 0.15) is 69.0 Å². The van der Waals surface area contributed by atoms with E-state index in [2.05, 4.69) is 15.0 Å². The van der Waals surface area contributed by atoms with Crippen molar-refractivity contribution < 1.29 is 9.32 Å². The minimum absolute atomic E-state index is 0.234. The fourth-order valence-corrected chi connectivity index (χ4v) is 4.36. The van der Waals surface area contributed by atoms with Crippen LogP contribution in [-0.4, -0.2) is 58.1 Å². The van der Waals surface area contributed by atoms with Crippen LogP contribution < -0.4 is 0 Å². The van der Waals surface area contributed by atoms with Gasteiger partial charge < -0.3 is 9.42 Å². The number of likely N-dealkylation sites (tertiary alicyclic amines) is 1. The zero-order valence-corrected chi connectivity index (χ0v) is 14.7. The maximum absolute atomic E-state index is 13.2. The van der Waals surface area contributed by atoms with Gasteiger partial charge in [0.2, 0.25) is 11.8 Å². The molecule has 4 rings (SSSR count). The van der Waals surface area contributed by atoms with Crippen molar-refractivity contribution >= 4 is 5.91 Å². The highest BCUT2D eigenvalue weighted by Gasteiger charge is 2.47. The third-order valence-electron chi connectivity index (χ3n) is 5.97. The van der Waals surface area contributed by atoms with Crippen LogP contribution in [0.2, 0.25) is 0 Å². The summed E-state index contributed by atoms with van der Waals surface area (Å²) in [4.78, 5) is 22.0. The molecule has 24 heavy (non-hydrogen) atoms. The van der Waals surface area contributed by atoms with E-state index < -0.39 is 0 Å². The minimum Gasteiger partial charge on any atom is -0.344 e. The Morgan fingerprint density at radius 1 is 1.25 bits per heavy atom. The van der Waals surface area contributed by atoms with Gasteiger partial charge in [0, 0.05) is 25.9 Å². The molecule has 0 radical (unpaired) electrons. The molecule has 3 fully saturated rings. The Balaban J connectivity index is 1.38. The quantitative estimate of drug-likeness (QED) is 0.800. The number of hydrogen-bond donors (Lipinski definition) is 0. The molecular formula is C18H28N4O2. The van der Waals surface area contributed by atoms with E-state index in [9.17, 15) is 4.79 Å². The lowest BCUT2D eigenvalue weighted by molar-refractivity contribution is -0.142. The van der Waals surface area contributed by atoms with E-state index in [1.54, 1.807) is 0 Å². The Kier molecular flexibility index (Phi) is 4.33. The normalized spacial score (nSPS) is 23.7. The molecule has 0 unspecified atom stereocenters. The van der Waals surface area contributed by atoms with Gasteiger partial charge in [0.05, 0.1) is 0 Å². The van der Waals surface area contributed by atoms with Gasteiger partial charge in [0.25, 0.3) is 0 Å². The maximum atomic E-state index is 13.2. The van der Waals surface area contributed by atoms with Crippen LogP contribution in [-0.2, 0) is 11.2 Å². The molecular weight excluding hydrogens is 304 g/mol. The summed E-state index contributed by atoms with van der Waals surface area (Å²) in [6.45, 7) is 2.82. The molecule has 2 saturated carbocycles. The molecule has 0 N–H and O–H groups in total. The Morgan fingerprint density at radius 2 is 1.96 bits per heavy atom. The number of amides is 1. The molecule has 6 nitrogen and oxygen atoms in total. The Morgan fingerprint density at radius 3 is 2.62 bits per heavy atom. The average Bonchev–Trinajstić information content (AvgIpc) is 3.07. The largest absolute Gasteiger partial charge is 0.344 e. The molecule has 3 aliphatic rings. The number of aromatic nitrogens is 2. The van der Waals surface area contributed by atoms with Gasteiger partial charge in [-0.2, -0.15) is 4.98 Å². The molecule has 1 amide bonds. The smallest absolute Gasteiger partial charge is 0.242 e. The van der Waals surface area contributed by atoms with Crippen LogP contribution in [0.15, 0.2) is 4.52 Å². The molecule has 2 heterocycles. The summed E-state index contributed by atoms with van der Waals surface area (Å²) in [6, 6.07) is 0. The highest BCUT2D eigenvalue weighted by atomic mass is 16.5. The first-order valence-corrected chi connectivity index (χ1v) is 9.52. The zero-order chi connectivity index (χ0) is 16.6. The third kappa shape index (κ3) is 2.96. The van der Waals surface area contributed by atoms with Gasteiger partial charge in [0.1, 0.15) is 5.54 Å². The first-order chi connectivity index (χ1) is 11.7. The number of hydrogen-bond acceptors (Lipinski definition) is 5. The Labute approximate surface area is 143 Å². The second-order valence-electron chi connectivity index (χ2n) is 7.73. The van der Waals surface area contributed by atoms with Crippen LogP contribution >= 0.6 is 0 Å². The number of nitrogens with zero attached hydrogens (tertiary/aromatic N) is 4. The van der Waals surface area contributed by atoms with Crippen molar-refractivity contribution in [2.75, 3.05) is 26.7 Å². The van der Waals surface area contributed by atoms with Crippen LogP contribution in [0.3, 0.4) is 0 Å². The summed E-state index contributed by atoms with van der Waals surface area (Å²) in [5.41, 5.74) is -0.234. The fraction of sp³-hybridized carbons (Fsp3) is 0.833. The predicted octanol–water partition coefficient (Wildman–Crippen LogP) is 2.36. The van der Waals surface area contributed by atoms with Crippen molar-refractivity contribution in [3.8, 4) is 0 Å². The molecule has 1 aromatic rings. The summed E-state index contributed by atoms with van der Waals surface area (Å²) >= 11 is 0. The average molecular weight is 332 g/mol. The van der Waals surface area contributed by atoms with E-state index in [0.717, 1.165) is 37.6 Å². The Hall–Kier alpha value is -1.43. The highest BCUT2D eigenvalue weighted by Crippen LogP contribution is 2.39. The molecule has 6 heteroatoms. The van der Waals surface area contributed by atoms with Gasteiger partial charge in [-0.25, -0.2) is 0 Å². The van der Waals surface area contributed by atoms with Crippen LogP contribution in [0, 0.1) is 0 Å². The first-order valence-electron chi connectivity index (χ1n) is 9.52. The Bertz CT molecular complexity index is 584. The van der Waals surface area contributed by atoms with E-state index in [0.29, 0.717) is 24.8 Å². The summed E-state index contributed by atoms with van der Waals surface area (Å²) < 4.78 is 5.31. The lowest BCUT2D eigenvalue weighted by atomic mass is 9.93. The highest BCUT2D eigenvalue weighted by molar-refractivity contribution is 5.86. The van der Waals surface area contributed by atoms with E-state index in [1.165, 1.54) is 38.5 Å². The monoisotopic (exact) mass is 332 g/mol.